The largest absolute Gasteiger partial charge is 0.316 e. The number of rotatable bonds is 3. The Labute approximate surface area is 117 Å². The summed E-state index contributed by atoms with van der Waals surface area (Å²) in [6.07, 6.45) is 0.800. The van der Waals surface area contributed by atoms with Crippen molar-refractivity contribution in [1.29, 1.82) is 0 Å². The molecule has 1 N–H and O–H groups in total. The molecule has 0 radical (unpaired) electrons. The molecule has 1 aromatic carbocycles. The lowest BCUT2D eigenvalue weighted by Crippen LogP contribution is -2.33. The van der Waals surface area contributed by atoms with E-state index in [0.717, 1.165) is 6.42 Å². The lowest BCUT2D eigenvalue weighted by molar-refractivity contribution is 0.464. The van der Waals surface area contributed by atoms with Crippen molar-refractivity contribution in [2.75, 3.05) is 20.1 Å². The fourth-order valence-electron chi connectivity index (χ4n) is 2.00. The quantitative estimate of drug-likeness (QED) is 0.929. The fourth-order valence-corrected chi connectivity index (χ4v) is 4.24. The van der Waals surface area contributed by atoms with Gasteiger partial charge in [-0.25, -0.2) is 8.42 Å². The third-order valence-electron chi connectivity index (χ3n) is 3.09. The number of hydrogen-bond acceptors (Lipinski definition) is 3. The molecule has 0 saturated carbocycles. The van der Waals surface area contributed by atoms with Crippen molar-refractivity contribution >= 4 is 33.2 Å². The van der Waals surface area contributed by atoms with Gasteiger partial charge in [0, 0.05) is 19.1 Å². The van der Waals surface area contributed by atoms with Crippen molar-refractivity contribution < 1.29 is 8.42 Å². The molecule has 0 spiro atoms. The van der Waals surface area contributed by atoms with Crippen molar-refractivity contribution in [3.8, 4) is 0 Å². The molecule has 0 aliphatic carbocycles. The van der Waals surface area contributed by atoms with Crippen LogP contribution in [-0.2, 0) is 10.0 Å². The second-order valence-corrected chi connectivity index (χ2v) is 6.88. The number of nitrogens with one attached hydrogen (secondary N) is 1. The van der Waals surface area contributed by atoms with Crippen molar-refractivity contribution in [2.24, 2.45) is 0 Å². The summed E-state index contributed by atoms with van der Waals surface area (Å²) in [5.74, 6) is 0. The van der Waals surface area contributed by atoms with E-state index in [1.54, 1.807) is 12.1 Å². The van der Waals surface area contributed by atoms with Gasteiger partial charge in [0.15, 0.2) is 0 Å². The van der Waals surface area contributed by atoms with Gasteiger partial charge in [-0.2, -0.15) is 4.31 Å². The Bertz CT molecular complexity index is 548. The summed E-state index contributed by atoms with van der Waals surface area (Å²) in [5, 5.41) is 3.42. The van der Waals surface area contributed by atoms with E-state index in [1.165, 1.54) is 10.4 Å². The maximum atomic E-state index is 12.4. The first-order valence-electron chi connectivity index (χ1n) is 5.58. The van der Waals surface area contributed by atoms with Crippen LogP contribution in [0.5, 0.6) is 0 Å². The number of halogens is 2. The van der Waals surface area contributed by atoms with Crippen LogP contribution < -0.4 is 5.32 Å². The minimum Gasteiger partial charge on any atom is -0.316 e. The van der Waals surface area contributed by atoms with Crippen LogP contribution in [0.1, 0.15) is 6.42 Å². The highest BCUT2D eigenvalue weighted by molar-refractivity contribution is 7.89. The molecule has 0 amide bonds. The van der Waals surface area contributed by atoms with E-state index in [1.807, 2.05) is 7.05 Å². The zero-order valence-electron chi connectivity index (χ0n) is 9.86. The molecule has 1 unspecified atom stereocenters. The molecule has 1 fully saturated rings. The Balaban J connectivity index is 2.35. The summed E-state index contributed by atoms with van der Waals surface area (Å²) < 4.78 is 26.3. The second-order valence-electron chi connectivity index (χ2n) is 4.19. The van der Waals surface area contributed by atoms with Crippen LogP contribution in [-0.4, -0.2) is 38.9 Å². The smallest absolute Gasteiger partial charge is 0.244 e. The molecule has 0 aromatic heterocycles. The minimum atomic E-state index is -3.56. The summed E-state index contributed by atoms with van der Waals surface area (Å²) >= 11 is 11.8. The van der Waals surface area contributed by atoms with Gasteiger partial charge in [0.2, 0.25) is 10.0 Å². The van der Waals surface area contributed by atoms with E-state index < -0.39 is 10.0 Å². The standard InChI is InChI=1S/C11H14Cl2N2O2S/c1-14-8-5-6-15(7-8)18(16,17)10-4-2-3-9(12)11(10)13/h2-4,8,14H,5-7H2,1H3. The number of nitrogens with zero attached hydrogens (tertiary/aromatic N) is 1. The van der Waals surface area contributed by atoms with Gasteiger partial charge in [0.25, 0.3) is 0 Å². The Morgan fingerprint density at radius 2 is 2.11 bits per heavy atom. The lowest BCUT2D eigenvalue weighted by Gasteiger charge is -2.17. The van der Waals surface area contributed by atoms with Gasteiger partial charge in [-0.05, 0) is 25.6 Å². The molecule has 100 valence electrons. The first-order valence-corrected chi connectivity index (χ1v) is 7.78. The van der Waals surface area contributed by atoms with Gasteiger partial charge in [-0.1, -0.05) is 29.3 Å². The monoisotopic (exact) mass is 308 g/mol. The van der Waals surface area contributed by atoms with Crippen molar-refractivity contribution in [1.82, 2.24) is 9.62 Å². The molecule has 1 atom stereocenters. The Kier molecular flexibility index (Phi) is 4.18. The van der Waals surface area contributed by atoms with E-state index >= 15 is 0 Å². The summed E-state index contributed by atoms with van der Waals surface area (Å²) in [7, 11) is -1.73. The third-order valence-corrected chi connectivity index (χ3v) is 5.93. The van der Waals surface area contributed by atoms with Crippen LogP contribution in [0, 0.1) is 0 Å². The minimum absolute atomic E-state index is 0.0772. The van der Waals surface area contributed by atoms with E-state index in [2.05, 4.69) is 5.32 Å². The first kappa shape index (κ1) is 14.1. The molecular formula is C11H14Cl2N2O2S. The lowest BCUT2D eigenvalue weighted by atomic mass is 10.3. The molecule has 0 bridgehead atoms. The van der Waals surface area contributed by atoms with E-state index in [-0.39, 0.29) is 21.0 Å². The Morgan fingerprint density at radius 3 is 2.72 bits per heavy atom. The predicted molar refractivity (Wildman–Crippen MR) is 72.7 cm³/mol. The molecule has 1 heterocycles. The summed E-state index contributed by atoms with van der Waals surface area (Å²) in [4.78, 5) is 0.0772. The fraction of sp³-hybridized carbons (Fsp3) is 0.455. The highest BCUT2D eigenvalue weighted by Crippen LogP contribution is 2.32. The maximum Gasteiger partial charge on any atom is 0.244 e. The molecule has 1 saturated heterocycles. The Morgan fingerprint density at radius 1 is 1.39 bits per heavy atom. The van der Waals surface area contributed by atoms with E-state index in [9.17, 15) is 8.42 Å². The molecule has 1 aliphatic rings. The van der Waals surface area contributed by atoms with Crippen LogP contribution in [0.4, 0.5) is 0 Å². The highest BCUT2D eigenvalue weighted by Gasteiger charge is 2.33. The molecule has 1 aromatic rings. The van der Waals surface area contributed by atoms with Gasteiger partial charge in [-0.15, -0.1) is 0 Å². The number of benzene rings is 1. The van der Waals surface area contributed by atoms with Gasteiger partial charge in [0.1, 0.15) is 4.90 Å². The van der Waals surface area contributed by atoms with Crippen molar-refractivity contribution in [3.63, 3.8) is 0 Å². The normalized spacial score (nSPS) is 21.4. The molecule has 4 nitrogen and oxygen atoms in total. The predicted octanol–water partition coefficient (Wildman–Crippen LogP) is 1.98. The van der Waals surface area contributed by atoms with Gasteiger partial charge in [0.05, 0.1) is 10.0 Å². The van der Waals surface area contributed by atoms with Gasteiger partial charge >= 0.3 is 0 Å². The topological polar surface area (TPSA) is 49.4 Å². The van der Waals surface area contributed by atoms with Crippen LogP contribution in [0.2, 0.25) is 10.0 Å². The van der Waals surface area contributed by atoms with Crippen LogP contribution in [0.25, 0.3) is 0 Å². The second kappa shape index (κ2) is 5.35. The van der Waals surface area contributed by atoms with E-state index in [0.29, 0.717) is 13.1 Å². The number of hydrogen-bond donors (Lipinski definition) is 1. The van der Waals surface area contributed by atoms with Gasteiger partial charge in [-0.3, -0.25) is 0 Å². The average Bonchev–Trinajstić information content (AvgIpc) is 2.81. The summed E-state index contributed by atoms with van der Waals surface area (Å²) in [6.45, 7) is 0.957. The van der Waals surface area contributed by atoms with Crippen molar-refractivity contribution in [3.05, 3.63) is 28.2 Å². The van der Waals surface area contributed by atoms with Crippen molar-refractivity contribution in [2.45, 2.75) is 17.4 Å². The van der Waals surface area contributed by atoms with E-state index in [4.69, 9.17) is 23.2 Å². The number of likely N-dealkylation sites (N-methyl/N-ethyl adjacent to an activating group) is 1. The van der Waals surface area contributed by atoms with Crippen LogP contribution in [0.15, 0.2) is 23.1 Å². The first-order chi connectivity index (χ1) is 8.46. The SMILES string of the molecule is CNC1CCN(S(=O)(=O)c2cccc(Cl)c2Cl)C1. The zero-order chi connectivity index (χ0) is 13.3. The van der Waals surface area contributed by atoms with Gasteiger partial charge < -0.3 is 5.32 Å². The third kappa shape index (κ3) is 2.51. The molecule has 18 heavy (non-hydrogen) atoms. The van der Waals surface area contributed by atoms with Crippen LogP contribution in [0.3, 0.4) is 0 Å². The zero-order valence-corrected chi connectivity index (χ0v) is 12.2. The Hall–Kier alpha value is -0.330. The molecule has 7 heteroatoms. The summed E-state index contributed by atoms with van der Waals surface area (Å²) in [6, 6.07) is 4.84. The number of sulfonamides is 1. The van der Waals surface area contributed by atoms with Crippen LogP contribution >= 0.6 is 23.2 Å². The molecular weight excluding hydrogens is 295 g/mol. The average molecular weight is 309 g/mol. The molecule has 2 rings (SSSR count). The maximum absolute atomic E-state index is 12.4. The summed E-state index contributed by atoms with van der Waals surface area (Å²) in [5.41, 5.74) is 0. The highest BCUT2D eigenvalue weighted by atomic mass is 35.5. The molecule has 1 aliphatic heterocycles.